The first kappa shape index (κ1) is 23.1. The second kappa shape index (κ2) is 7.73. The van der Waals surface area contributed by atoms with Crippen molar-refractivity contribution in [2.45, 2.75) is 44.5 Å². The maximum Gasteiger partial charge on any atom is 0.280 e. The molecule has 2 aromatic carbocycles. The summed E-state index contributed by atoms with van der Waals surface area (Å²) in [7, 11) is 1.49. The van der Waals surface area contributed by atoms with Crippen molar-refractivity contribution in [2.24, 2.45) is 0 Å². The molecule has 3 heterocycles. The van der Waals surface area contributed by atoms with E-state index >= 15 is 0 Å². The average Bonchev–Trinajstić information content (AvgIpc) is 2.89. The minimum Gasteiger partial charge on any atom is -0.506 e. The minimum atomic E-state index is -1.10. The van der Waals surface area contributed by atoms with Gasteiger partial charge >= 0.3 is 0 Å². The van der Waals surface area contributed by atoms with E-state index in [1.807, 2.05) is 0 Å². The number of nitrogens with two attached hydrogens (primary N) is 1. The number of phenols is 2. The Morgan fingerprint density at radius 2 is 1.84 bits per heavy atom. The van der Waals surface area contributed by atoms with Crippen LogP contribution in [-0.4, -0.2) is 33.9 Å². The van der Waals surface area contributed by atoms with Gasteiger partial charge in [0.05, 0.1) is 23.2 Å². The van der Waals surface area contributed by atoms with Crippen LogP contribution in [0.3, 0.4) is 0 Å². The molecule has 3 atom stereocenters. The van der Waals surface area contributed by atoms with E-state index in [0.29, 0.717) is 35.0 Å². The maximum atomic E-state index is 13.8. The van der Waals surface area contributed by atoms with Crippen LogP contribution in [0.15, 0.2) is 26.1 Å². The number of aromatic nitrogens is 1. The molecule has 0 bridgehead atoms. The molecule has 38 heavy (non-hydrogen) atoms. The number of ether oxygens (including phenoxy) is 3. The van der Waals surface area contributed by atoms with Gasteiger partial charge in [-0.1, -0.05) is 0 Å². The number of aryl methyl sites for hydroxylation is 1. The molecule has 0 saturated heterocycles. The van der Waals surface area contributed by atoms with Crippen LogP contribution in [0, 0.1) is 6.92 Å². The molecule has 0 saturated carbocycles. The van der Waals surface area contributed by atoms with Crippen LogP contribution in [0.5, 0.6) is 17.2 Å². The van der Waals surface area contributed by atoms with E-state index in [1.165, 1.54) is 7.11 Å². The van der Waals surface area contributed by atoms with Gasteiger partial charge in [-0.25, -0.2) is 4.68 Å². The summed E-state index contributed by atoms with van der Waals surface area (Å²) in [4.78, 5) is 26.8. The predicted octanol–water partition coefficient (Wildman–Crippen LogP) is 2.69. The van der Waals surface area contributed by atoms with Gasteiger partial charge in [-0.05, 0) is 42.8 Å². The number of hydrogen-bond acceptors (Lipinski definition) is 10. The minimum absolute atomic E-state index is 0.0121. The molecule has 2 aromatic heterocycles. The summed E-state index contributed by atoms with van der Waals surface area (Å²) < 4.78 is 24.3. The van der Waals surface area contributed by atoms with Crippen molar-refractivity contribution in [3.05, 3.63) is 60.9 Å². The molecule has 0 amide bonds. The molecule has 0 radical (unpaired) electrons. The summed E-state index contributed by atoms with van der Waals surface area (Å²) in [5, 5.41) is 34.1. The number of rotatable bonds is 1. The highest BCUT2D eigenvalue weighted by molar-refractivity contribution is 6.05. The van der Waals surface area contributed by atoms with E-state index in [9.17, 15) is 24.9 Å². The Bertz CT molecular complexity index is 1840. The number of fused-ring (bicyclic) bond motifs is 6. The first-order valence-electron chi connectivity index (χ1n) is 12.2. The molecule has 4 aromatic rings. The number of pyridine rings is 1. The zero-order valence-electron chi connectivity index (χ0n) is 20.5. The number of hydrogen-bond donors (Lipinski definition) is 4. The van der Waals surface area contributed by atoms with E-state index in [0.717, 1.165) is 4.68 Å². The van der Waals surface area contributed by atoms with Gasteiger partial charge in [0.25, 0.3) is 5.56 Å². The molecule has 7 rings (SSSR count). The second-order valence-electron chi connectivity index (χ2n) is 10.0. The summed E-state index contributed by atoms with van der Waals surface area (Å²) in [5.74, 6) is 5.46. The molecule has 11 nitrogen and oxygen atoms in total. The summed E-state index contributed by atoms with van der Waals surface area (Å²) >= 11 is 0. The largest absolute Gasteiger partial charge is 0.506 e. The molecular weight excluding hydrogens is 496 g/mol. The quantitative estimate of drug-likeness (QED) is 0.274. The van der Waals surface area contributed by atoms with Crippen molar-refractivity contribution < 1.29 is 33.9 Å². The number of aliphatic hydroxyl groups excluding tert-OH is 1. The Hall–Kier alpha value is -4.06. The third kappa shape index (κ3) is 2.78. The predicted molar refractivity (Wildman–Crippen MR) is 135 cm³/mol. The standard InChI is InChI=1S/C27H24N2O9/c1-9-5-10-6-11-7-14-18-19(15(11)21(31)16(10)27(34)29(9)28)23(33)20-22(32)17-12(30)3-4-13(35-2)24(17)38-26(20)25(18)37-8-36-14/h5-6,12-14,30-31,33H,3-4,7-8,28H2,1-2H3/t12-,13-,14-/m0/s1. The van der Waals surface area contributed by atoms with Crippen LogP contribution in [0.2, 0.25) is 0 Å². The molecule has 2 aliphatic carbocycles. The van der Waals surface area contributed by atoms with Crippen LogP contribution < -0.4 is 21.6 Å². The van der Waals surface area contributed by atoms with Gasteiger partial charge in [-0.3, -0.25) is 9.59 Å². The van der Waals surface area contributed by atoms with Gasteiger partial charge in [0, 0.05) is 35.9 Å². The van der Waals surface area contributed by atoms with Gasteiger partial charge in [-0.15, -0.1) is 0 Å². The lowest BCUT2D eigenvalue weighted by molar-refractivity contribution is -0.0592. The lowest BCUT2D eigenvalue weighted by atomic mass is 9.79. The fourth-order valence-corrected chi connectivity index (χ4v) is 6.22. The molecular formula is C27H24N2O9. The number of methoxy groups -OCH3 is 1. The number of aromatic hydroxyl groups is 2. The fraction of sp³-hybridized carbons (Fsp3) is 0.333. The van der Waals surface area contributed by atoms with E-state index in [4.69, 9.17) is 24.5 Å². The normalized spacial score (nSPS) is 21.6. The lowest BCUT2D eigenvalue weighted by Crippen LogP contribution is -2.29. The third-order valence-corrected chi connectivity index (χ3v) is 8.02. The molecule has 0 unspecified atom stereocenters. The number of benzene rings is 2. The summed E-state index contributed by atoms with van der Waals surface area (Å²) in [6.07, 6.45) is -1.18. The number of nitrogens with zero attached hydrogens (tertiary/aromatic N) is 1. The van der Waals surface area contributed by atoms with E-state index in [1.54, 1.807) is 19.1 Å². The van der Waals surface area contributed by atoms with Gasteiger partial charge in [0.2, 0.25) is 5.43 Å². The highest BCUT2D eigenvalue weighted by Gasteiger charge is 2.41. The van der Waals surface area contributed by atoms with Crippen molar-refractivity contribution in [1.82, 2.24) is 4.68 Å². The smallest absolute Gasteiger partial charge is 0.280 e. The van der Waals surface area contributed by atoms with Crippen molar-refractivity contribution in [3.8, 4) is 28.4 Å². The molecule has 0 spiro atoms. The topological polar surface area (TPSA) is 167 Å². The Morgan fingerprint density at radius 1 is 1.08 bits per heavy atom. The maximum absolute atomic E-state index is 13.8. The first-order chi connectivity index (χ1) is 18.2. The Kier molecular flexibility index (Phi) is 4.70. The monoisotopic (exact) mass is 520 g/mol. The lowest BCUT2D eigenvalue weighted by Gasteiger charge is -2.35. The highest BCUT2D eigenvalue weighted by atomic mass is 16.7. The summed E-state index contributed by atoms with van der Waals surface area (Å²) in [5.41, 5.74) is 0.626. The Labute approximate surface area is 214 Å². The third-order valence-electron chi connectivity index (χ3n) is 8.02. The van der Waals surface area contributed by atoms with E-state index in [2.05, 4.69) is 0 Å². The van der Waals surface area contributed by atoms with Gasteiger partial charge in [-0.2, -0.15) is 0 Å². The zero-order chi connectivity index (χ0) is 26.6. The molecule has 3 aliphatic rings. The van der Waals surface area contributed by atoms with Crippen molar-refractivity contribution in [2.75, 3.05) is 19.7 Å². The summed E-state index contributed by atoms with van der Waals surface area (Å²) in [6.45, 7) is 1.56. The number of aliphatic hydroxyl groups is 1. The molecule has 5 N–H and O–H groups in total. The van der Waals surface area contributed by atoms with Crippen molar-refractivity contribution >= 4 is 21.7 Å². The Balaban J connectivity index is 1.65. The van der Waals surface area contributed by atoms with Gasteiger partial charge < -0.3 is 39.8 Å². The van der Waals surface area contributed by atoms with Crippen LogP contribution in [0.4, 0.5) is 0 Å². The van der Waals surface area contributed by atoms with Gasteiger partial charge in [0.15, 0.2) is 18.1 Å². The van der Waals surface area contributed by atoms with Crippen LogP contribution >= 0.6 is 0 Å². The summed E-state index contributed by atoms with van der Waals surface area (Å²) in [6, 6.07) is 3.45. The van der Waals surface area contributed by atoms with Crippen molar-refractivity contribution in [3.63, 3.8) is 0 Å². The van der Waals surface area contributed by atoms with Crippen molar-refractivity contribution in [1.29, 1.82) is 0 Å². The number of phenolic OH excluding ortho intramolecular Hbond substituents is 2. The molecule has 1 aliphatic heterocycles. The molecule has 196 valence electrons. The average molecular weight is 520 g/mol. The van der Waals surface area contributed by atoms with E-state index < -0.39 is 35.0 Å². The fourth-order valence-electron chi connectivity index (χ4n) is 6.22. The zero-order valence-corrected chi connectivity index (χ0v) is 20.5. The van der Waals surface area contributed by atoms with Crippen LogP contribution in [0.1, 0.15) is 59.3 Å². The Morgan fingerprint density at radius 3 is 2.61 bits per heavy atom. The van der Waals surface area contributed by atoms with Crippen LogP contribution in [-0.2, 0) is 15.9 Å². The second-order valence-corrected chi connectivity index (χ2v) is 10.0. The van der Waals surface area contributed by atoms with Crippen LogP contribution in [0.25, 0.3) is 32.9 Å². The molecule has 11 heteroatoms. The number of nitrogen functional groups attached to an aromatic ring is 1. The highest BCUT2D eigenvalue weighted by Crippen LogP contribution is 2.57. The SMILES string of the molecule is CO[C@H]1CC[C@H](O)c2c1oc1c3c4c(c(O)c1c2=O)-c1c(cc2cc(C)n(N)c(=O)c2c1O)C[C@@H]4OCO3. The van der Waals surface area contributed by atoms with E-state index in [-0.39, 0.29) is 63.5 Å². The molecule has 0 fully saturated rings. The van der Waals surface area contributed by atoms with Gasteiger partial charge in [0.1, 0.15) is 28.7 Å². The first-order valence-corrected chi connectivity index (χ1v) is 12.2.